The monoisotopic (exact) mass is 419 g/mol. The Kier molecular flexibility index (Phi) is 5.44. The van der Waals surface area contributed by atoms with E-state index < -0.39 is 0 Å². The average molecular weight is 419 g/mol. The van der Waals surface area contributed by atoms with E-state index in [9.17, 15) is 4.79 Å². The fourth-order valence-corrected chi connectivity index (χ4v) is 3.34. The largest absolute Gasteiger partial charge is 0.493 e. The van der Waals surface area contributed by atoms with Crippen molar-refractivity contribution in [2.24, 2.45) is 0 Å². The lowest BCUT2D eigenvalue weighted by Crippen LogP contribution is -2.13. The summed E-state index contributed by atoms with van der Waals surface area (Å²) in [4.78, 5) is 21.8. The van der Waals surface area contributed by atoms with Gasteiger partial charge >= 0.3 is 0 Å². The molecule has 2 aromatic carbocycles. The predicted molar refractivity (Wildman–Crippen MR) is 116 cm³/mol. The number of anilines is 1. The lowest BCUT2D eigenvalue weighted by molar-refractivity contribution is 0.102. The van der Waals surface area contributed by atoms with Gasteiger partial charge in [-0.05, 0) is 42.8 Å². The lowest BCUT2D eigenvalue weighted by atomic mass is 10.1. The minimum absolute atomic E-state index is 0.347. The minimum atomic E-state index is -0.347. The van der Waals surface area contributed by atoms with Crippen LogP contribution in [0.1, 0.15) is 15.9 Å². The maximum atomic E-state index is 13.1. The number of carbonyl (C=O) groups excluding carboxylic acids is 1. The van der Waals surface area contributed by atoms with Crippen molar-refractivity contribution < 1.29 is 23.4 Å². The van der Waals surface area contributed by atoms with Gasteiger partial charge in [0.05, 0.1) is 32.6 Å². The second-order valence-corrected chi connectivity index (χ2v) is 6.71. The quantitative estimate of drug-likeness (QED) is 0.492. The molecule has 0 aliphatic heterocycles. The Hall–Kier alpha value is -4.07. The van der Waals surface area contributed by atoms with E-state index in [1.807, 2.05) is 19.1 Å². The average Bonchev–Trinajstić information content (AvgIpc) is 3.21. The molecule has 2 aromatic heterocycles. The Morgan fingerprint density at radius 1 is 1.00 bits per heavy atom. The number of aromatic nitrogens is 2. The molecule has 0 fully saturated rings. The number of benzene rings is 2. The molecule has 31 heavy (non-hydrogen) atoms. The number of hydrogen-bond acceptors (Lipinski definition) is 7. The summed E-state index contributed by atoms with van der Waals surface area (Å²) in [7, 11) is 4.51. The van der Waals surface area contributed by atoms with Crippen LogP contribution in [0.2, 0.25) is 0 Å². The van der Waals surface area contributed by atoms with Crippen molar-refractivity contribution in [3.8, 4) is 28.7 Å². The van der Waals surface area contributed by atoms with Gasteiger partial charge in [-0.3, -0.25) is 4.79 Å². The standard InChI is InChI=1S/C23H21N3O5/c1-13-7-5-8-15(19(13)23-26-21-16(31-23)9-6-10-24-21)25-22(27)14-11-17(28-2)20(30-4)18(12-14)29-3/h5-12H,1-4H3,(H,25,27). The van der Waals surface area contributed by atoms with Crippen molar-refractivity contribution in [1.82, 2.24) is 9.97 Å². The number of nitrogens with zero attached hydrogens (tertiary/aromatic N) is 2. The number of methoxy groups -OCH3 is 3. The van der Waals surface area contributed by atoms with Gasteiger partial charge in [-0.25, -0.2) is 4.98 Å². The van der Waals surface area contributed by atoms with Crippen molar-refractivity contribution in [2.45, 2.75) is 6.92 Å². The van der Waals surface area contributed by atoms with Crippen LogP contribution in [0.5, 0.6) is 17.2 Å². The molecule has 1 N–H and O–H groups in total. The zero-order chi connectivity index (χ0) is 22.0. The molecule has 0 saturated heterocycles. The first kappa shape index (κ1) is 20.2. The van der Waals surface area contributed by atoms with Crippen LogP contribution in [0.25, 0.3) is 22.7 Å². The van der Waals surface area contributed by atoms with Crippen molar-refractivity contribution in [1.29, 1.82) is 0 Å². The summed E-state index contributed by atoms with van der Waals surface area (Å²) in [5.74, 6) is 1.23. The molecule has 1 amide bonds. The second-order valence-electron chi connectivity index (χ2n) is 6.71. The first-order chi connectivity index (χ1) is 15.0. The van der Waals surface area contributed by atoms with Gasteiger partial charge < -0.3 is 23.9 Å². The minimum Gasteiger partial charge on any atom is -0.493 e. The number of carbonyl (C=O) groups is 1. The number of nitrogens with one attached hydrogen (secondary N) is 1. The first-order valence-electron chi connectivity index (χ1n) is 9.48. The molecular weight excluding hydrogens is 398 g/mol. The maximum absolute atomic E-state index is 13.1. The van der Waals surface area contributed by atoms with Gasteiger partial charge in [0, 0.05) is 11.8 Å². The van der Waals surface area contributed by atoms with Crippen molar-refractivity contribution in [3.63, 3.8) is 0 Å². The summed E-state index contributed by atoms with van der Waals surface area (Å²) < 4.78 is 21.9. The smallest absolute Gasteiger partial charge is 0.255 e. The molecule has 0 spiro atoms. The maximum Gasteiger partial charge on any atom is 0.255 e. The highest BCUT2D eigenvalue weighted by molar-refractivity contribution is 6.07. The number of oxazole rings is 1. The summed E-state index contributed by atoms with van der Waals surface area (Å²) in [6, 6.07) is 12.3. The highest BCUT2D eigenvalue weighted by atomic mass is 16.5. The number of ether oxygens (including phenoxy) is 3. The van der Waals surface area contributed by atoms with Crippen LogP contribution >= 0.6 is 0 Å². The molecule has 0 aliphatic rings. The fraction of sp³-hybridized carbons (Fsp3) is 0.174. The highest BCUT2D eigenvalue weighted by Gasteiger charge is 2.20. The molecule has 4 aromatic rings. The molecule has 0 radical (unpaired) electrons. The highest BCUT2D eigenvalue weighted by Crippen LogP contribution is 2.39. The van der Waals surface area contributed by atoms with Crippen LogP contribution in [0, 0.1) is 6.92 Å². The van der Waals surface area contributed by atoms with Crippen molar-refractivity contribution in [3.05, 3.63) is 59.8 Å². The van der Waals surface area contributed by atoms with Gasteiger partial charge in [0.15, 0.2) is 22.7 Å². The van der Waals surface area contributed by atoms with E-state index in [2.05, 4.69) is 15.3 Å². The molecule has 0 bridgehead atoms. The summed E-state index contributed by atoms with van der Waals surface area (Å²) in [6.07, 6.45) is 1.65. The third-order valence-electron chi connectivity index (χ3n) is 4.83. The van der Waals surface area contributed by atoms with Gasteiger partial charge in [-0.15, -0.1) is 0 Å². The van der Waals surface area contributed by atoms with E-state index in [0.29, 0.717) is 51.2 Å². The molecule has 4 rings (SSSR count). The summed E-state index contributed by atoms with van der Waals surface area (Å²) >= 11 is 0. The topological polar surface area (TPSA) is 95.7 Å². The van der Waals surface area contributed by atoms with Gasteiger partial charge in [0.1, 0.15) is 0 Å². The van der Waals surface area contributed by atoms with Crippen LogP contribution in [0.3, 0.4) is 0 Å². The molecule has 2 heterocycles. The van der Waals surface area contributed by atoms with Crippen molar-refractivity contribution >= 4 is 22.8 Å². The number of rotatable bonds is 6. The lowest BCUT2D eigenvalue weighted by Gasteiger charge is -2.15. The Labute approximate surface area is 178 Å². The third kappa shape index (κ3) is 3.75. The summed E-state index contributed by atoms with van der Waals surface area (Å²) in [5, 5.41) is 2.94. The van der Waals surface area contributed by atoms with Crippen LogP contribution < -0.4 is 19.5 Å². The van der Waals surface area contributed by atoms with Gasteiger partial charge in [-0.1, -0.05) is 12.1 Å². The molecule has 8 heteroatoms. The van der Waals surface area contributed by atoms with Gasteiger partial charge in [0.25, 0.3) is 5.91 Å². The van der Waals surface area contributed by atoms with Gasteiger partial charge in [0.2, 0.25) is 11.6 Å². The van der Waals surface area contributed by atoms with Crippen LogP contribution in [0.4, 0.5) is 5.69 Å². The number of fused-ring (bicyclic) bond motifs is 1. The number of hydrogen-bond donors (Lipinski definition) is 1. The van der Waals surface area contributed by atoms with Crippen molar-refractivity contribution in [2.75, 3.05) is 26.6 Å². The van der Waals surface area contributed by atoms with Crippen LogP contribution in [-0.2, 0) is 0 Å². The molecule has 0 unspecified atom stereocenters. The zero-order valence-electron chi connectivity index (χ0n) is 17.6. The van der Waals surface area contributed by atoms with Gasteiger partial charge in [-0.2, -0.15) is 4.98 Å². The summed E-state index contributed by atoms with van der Waals surface area (Å²) in [6.45, 7) is 1.92. The second kappa shape index (κ2) is 8.35. The SMILES string of the molecule is COc1cc(C(=O)Nc2cccc(C)c2-c2nc3ncccc3o2)cc(OC)c1OC. The molecule has 8 nitrogen and oxygen atoms in total. The Morgan fingerprint density at radius 2 is 1.74 bits per heavy atom. The normalized spacial score (nSPS) is 10.7. The van der Waals surface area contributed by atoms with E-state index in [4.69, 9.17) is 18.6 Å². The Balaban J connectivity index is 1.74. The van der Waals surface area contributed by atoms with Crippen LogP contribution in [-0.4, -0.2) is 37.2 Å². The molecule has 0 saturated carbocycles. The number of amides is 1. The fourth-order valence-electron chi connectivity index (χ4n) is 3.34. The van der Waals surface area contributed by atoms with E-state index in [1.54, 1.807) is 36.5 Å². The Bertz CT molecular complexity index is 1210. The molecule has 0 atom stereocenters. The van der Waals surface area contributed by atoms with E-state index in [1.165, 1.54) is 21.3 Å². The third-order valence-corrected chi connectivity index (χ3v) is 4.83. The first-order valence-corrected chi connectivity index (χ1v) is 9.48. The molecule has 0 aliphatic carbocycles. The Morgan fingerprint density at radius 3 is 2.39 bits per heavy atom. The van der Waals surface area contributed by atoms with E-state index >= 15 is 0 Å². The summed E-state index contributed by atoms with van der Waals surface area (Å²) in [5.41, 5.74) is 3.56. The predicted octanol–water partition coefficient (Wildman–Crippen LogP) is 4.48. The van der Waals surface area contributed by atoms with E-state index in [0.717, 1.165) is 5.56 Å². The zero-order valence-corrected chi connectivity index (χ0v) is 17.6. The van der Waals surface area contributed by atoms with E-state index in [-0.39, 0.29) is 5.91 Å². The van der Waals surface area contributed by atoms with Crippen LogP contribution in [0.15, 0.2) is 53.1 Å². The number of aryl methyl sites for hydroxylation is 1. The number of pyridine rings is 1. The molecular formula is C23H21N3O5. The molecule has 158 valence electrons.